The highest BCUT2D eigenvalue weighted by atomic mass is 19.4. The molecular formula is C32H20F3NO6. The highest BCUT2D eigenvalue weighted by Crippen LogP contribution is 2.40. The summed E-state index contributed by atoms with van der Waals surface area (Å²) in [4.78, 5) is 52.7. The maximum atomic E-state index is 14.2. The van der Waals surface area contributed by atoms with Crippen molar-refractivity contribution in [2.45, 2.75) is 26.1 Å². The van der Waals surface area contributed by atoms with Gasteiger partial charge in [0, 0.05) is 12.1 Å². The number of nitrogens with zero attached hydrogens (tertiary/aromatic N) is 1. The molecule has 0 bridgehead atoms. The molecule has 4 aromatic carbocycles. The van der Waals surface area contributed by atoms with Gasteiger partial charge in [-0.2, -0.15) is 13.2 Å². The van der Waals surface area contributed by atoms with Crippen LogP contribution in [0.1, 0.15) is 50.7 Å². The van der Waals surface area contributed by atoms with Crippen molar-refractivity contribution < 1.29 is 36.7 Å². The lowest BCUT2D eigenvalue weighted by Gasteiger charge is -2.17. The van der Waals surface area contributed by atoms with Crippen molar-refractivity contribution in [1.82, 2.24) is 4.90 Å². The number of hydrogen-bond acceptors (Lipinski definition) is 6. The van der Waals surface area contributed by atoms with E-state index >= 15 is 0 Å². The van der Waals surface area contributed by atoms with E-state index in [9.17, 15) is 32.3 Å². The Kier molecular flexibility index (Phi) is 6.22. The van der Waals surface area contributed by atoms with Crippen LogP contribution in [0.15, 0.2) is 88.1 Å². The Morgan fingerprint density at radius 2 is 1.52 bits per heavy atom. The second-order valence-electron chi connectivity index (χ2n) is 10.0. The molecule has 0 saturated carbocycles. The Morgan fingerprint density at radius 3 is 2.26 bits per heavy atom. The lowest BCUT2D eigenvalue weighted by molar-refractivity contribution is -0.152. The van der Waals surface area contributed by atoms with Crippen molar-refractivity contribution in [3.63, 3.8) is 0 Å². The number of esters is 1. The summed E-state index contributed by atoms with van der Waals surface area (Å²) in [7, 11) is 0. The van der Waals surface area contributed by atoms with Gasteiger partial charge in [0.05, 0.1) is 27.6 Å². The van der Waals surface area contributed by atoms with Crippen LogP contribution in [0, 0.1) is 0 Å². The molecule has 0 saturated heterocycles. The number of halogens is 3. The first-order chi connectivity index (χ1) is 20.0. The van der Waals surface area contributed by atoms with Gasteiger partial charge in [-0.1, -0.05) is 42.5 Å². The van der Waals surface area contributed by atoms with Crippen LogP contribution in [0.3, 0.4) is 0 Å². The summed E-state index contributed by atoms with van der Waals surface area (Å²) in [6.07, 6.45) is -5.01. The van der Waals surface area contributed by atoms with Crippen molar-refractivity contribution in [2.24, 2.45) is 0 Å². The van der Waals surface area contributed by atoms with E-state index < -0.39 is 46.3 Å². The lowest BCUT2D eigenvalue weighted by atomic mass is 9.96. The minimum atomic E-state index is -5.01. The molecule has 10 heteroatoms. The number of benzene rings is 4. The number of carbonyl (C=O) groups is 3. The van der Waals surface area contributed by atoms with Gasteiger partial charge in [-0.05, 0) is 60.5 Å². The molecule has 0 N–H and O–H groups in total. The molecule has 2 amide bonds. The van der Waals surface area contributed by atoms with E-state index in [1.54, 1.807) is 50.2 Å². The zero-order chi connectivity index (χ0) is 29.9. The smallest absolute Gasteiger partial charge is 0.450 e. The number of alkyl halides is 3. The molecule has 1 aliphatic heterocycles. The predicted molar refractivity (Wildman–Crippen MR) is 147 cm³/mol. The molecule has 2 heterocycles. The van der Waals surface area contributed by atoms with Gasteiger partial charge >= 0.3 is 12.1 Å². The molecule has 0 unspecified atom stereocenters. The monoisotopic (exact) mass is 571 g/mol. The fraction of sp³-hybridized carbons (Fsp3) is 0.125. The van der Waals surface area contributed by atoms with Gasteiger partial charge in [0.15, 0.2) is 0 Å². The molecule has 1 aliphatic rings. The zero-order valence-corrected chi connectivity index (χ0v) is 22.1. The van der Waals surface area contributed by atoms with Crippen LogP contribution >= 0.6 is 0 Å². The van der Waals surface area contributed by atoms with Crippen LogP contribution in [0.4, 0.5) is 13.2 Å². The Morgan fingerprint density at radius 1 is 0.810 bits per heavy atom. The van der Waals surface area contributed by atoms with Crippen molar-refractivity contribution in [3.05, 3.63) is 112 Å². The van der Waals surface area contributed by atoms with Crippen molar-refractivity contribution in [2.75, 3.05) is 0 Å². The summed E-state index contributed by atoms with van der Waals surface area (Å²) in [5, 5.41) is 0.967. The molecule has 5 aromatic rings. The van der Waals surface area contributed by atoms with Crippen LogP contribution in [0.2, 0.25) is 0 Å². The number of ether oxygens (including phenoxy) is 1. The van der Waals surface area contributed by atoms with Crippen molar-refractivity contribution >= 4 is 39.5 Å². The summed E-state index contributed by atoms with van der Waals surface area (Å²) >= 11 is 0. The Labute approximate surface area is 235 Å². The summed E-state index contributed by atoms with van der Waals surface area (Å²) in [6, 6.07) is 18.5. The molecule has 42 heavy (non-hydrogen) atoms. The highest BCUT2D eigenvalue weighted by Gasteiger charge is 2.40. The average molecular weight is 572 g/mol. The second kappa shape index (κ2) is 9.69. The zero-order valence-electron chi connectivity index (χ0n) is 22.1. The fourth-order valence-corrected chi connectivity index (χ4v) is 5.15. The standard InChI is InChI=1S/C32H20F3NO6/c1-16(2)36-29(38)22-12-10-18(14-24(22)30(36)39)31(40)41-19-11-13-23-25(15-19)42-28(32(33,34)35)26(27(23)37)21-9-5-7-17-6-3-4-8-20(17)21/h3-16H,1-2H3. The third kappa shape index (κ3) is 4.32. The summed E-state index contributed by atoms with van der Waals surface area (Å²) in [5.74, 6) is -3.61. The SMILES string of the molecule is CC(C)N1C(=O)c2ccc(C(=O)Oc3ccc4c(=O)c(-c5cccc6ccccc56)c(C(F)(F)F)oc4c3)cc2C1=O. The molecule has 1 aromatic heterocycles. The van der Waals surface area contributed by atoms with Crippen LogP contribution in [0.25, 0.3) is 32.9 Å². The van der Waals surface area contributed by atoms with E-state index in [0.717, 1.165) is 11.0 Å². The maximum absolute atomic E-state index is 14.2. The van der Waals surface area contributed by atoms with E-state index in [2.05, 4.69) is 0 Å². The number of amides is 2. The number of imide groups is 1. The molecule has 0 aliphatic carbocycles. The molecule has 0 fully saturated rings. The predicted octanol–water partition coefficient (Wildman–Crippen LogP) is 6.86. The largest absolute Gasteiger partial charge is 0.450 e. The van der Waals surface area contributed by atoms with E-state index in [1.165, 1.54) is 36.4 Å². The first-order valence-corrected chi connectivity index (χ1v) is 12.9. The van der Waals surface area contributed by atoms with Crippen LogP contribution in [0.5, 0.6) is 5.75 Å². The van der Waals surface area contributed by atoms with Gasteiger partial charge in [0.2, 0.25) is 11.2 Å². The molecular weight excluding hydrogens is 551 g/mol. The van der Waals surface area contributed by atoms with Gasteiger partial charge in [-0.3, -0.25) is 19.3 Å². The molecule has 0 atom stereocenters. The highest BCUT2D eigenvalue weighted by molar-refractivity contribution is 6.22. The molecule has 210 valence electrons. The number of carbonyl (C=O) groups excluding carboxylic acids is 3. The quantitative estimate of drug-likeness (QED) is 0.133. The van der Waals surface area contributed by atoms with Crippen LogP contribution in [-0.4, -0.2) is 28.7 Å². The Bertz CT molecular complexity index is 2020. The minimum absolute atomic E-state index is 0.0449. The van der Waals surface area contributed by atoms with E-state index in [-0.39, 0.29) is 39.4 Å². The van der Waals surface area contributed by atoms with Crippen LogP contribution in [-0.2, 0) is 6.18 Å². The molecule has 0 spiro atoms. The van der Waals surface area contributed by atoms with Gasteiger partial charge in [-0.15, -0.1) is 0 Å². The first-order valence-electron chi connectivity index (χ1n) is 12.9. The van der Waals surface area contributed by atoms with E-state index in [4.69, 9.17) is 9.15 Å². The summed E-state index contributed by atoms with van der Waals surface area (Å²) < 4.78 is 53.4. The van der Waals surface area contributed by atoms with Gasteiger partial charge < -0.3 is 9.15 Å². The molecule has 6 rings (SSSR count). The van der Waals surface area contributed by atoms with Crippen molar-refractivity contribution in [1.29, 1.82) is 0 Å². The van der Waals surface area contributed by atoms with E-state index in [0.29, 0.717) is 10.8 Å². The van der Waals surface area contributed by atoms with E-state index in [1.807, 2.05) is 0 Å². The summed E-state index contributed by atoms with van der Waals surface area (Å²) in [5.41, 5.74) is -1.72. The number of rotatable bonds is 4. The topological polar surface area (TPSA) is 93.9 Å². The van der Waals surface area contributed by atoms with Crippen molar-refractivity contribution in [3.8, 4) is 16.9 Å². The average Bonchev–Trinajstić information content (AvgIpc) is 3.21. The summed E-state index contributed by atoms with van der Waals surface area (Å²) in [6.45, 7) is 3.37. The fourth-order valence-electron chi connectivity index (χ4n) is 5.15. The third-order valence-electron chi connectivity index (χ3n) is 7.06. The lowest BCUT2D eigenvalue weighted by Crippen LogP contribution is -2.35. The normalized spacial score (nSPS) is 13.3. The Balaban J connectivity index is 1.40. The third-order valence-corrected chi connectivity index (χ3v) is 7.06. The Hall–Kier alpha value is -5.25. The number of fused-ring (bicyclic) bond motifs is 3. The van der Waals surface area contributed by atoms with Gasteiger partial charge in [0.25, 0.3) is 11.8 Å². The minimum Gasteiger partial charge on any atom is -0.450 e. The van der Waals surface area contributed by atoms with Crippen LogP contribution < -0.4 is 10.2 Å². The second-order valence-corrected chi connectivity index (χ2v) is 10.0. The molecule has 7 nitrogen and oxygen atoms in total. The van der Waals surface area contributed by atoms with Gasteiger partial charge in [-0.25, -0.2) is 4.79 Å². The maximum Gasteiger partial charge on any atom is 0.450 e. The van der Waals surface area contributed by atoms with Gasteiger partial charge in [0.1, 0.15) is 11.3 Å². The molecule has 0 radical (unpaired) electrons. The number of hydrogen-bond donors (Lipinski definition) is 0. The first kappa shape index (κ1) is 26.9.